The molecule has 0 saturated heterocycles. The fraction of sp³-hybridized carbons (Fsp3) is 0.833. The summed E-state index contributed by atoms with van der Waals surface area (Å²) in [5.74, 6) is 0. The molecule has 0 saturated carbocycles. The first-order valence-corrected chi connectivity index (χ1v) is 5.83. The largest absolute Gasteiger partial charge is 0.392 e. The Bertz CT molecular complexity index is 135. The molecule has 0 rings (SSSR count). The molecule has 3 heteroatoms. The Morgan fingerprint density at radius 3 is 2.53 bits per heavy atom. The molecule has 0 aromatic heterocycles. The lowest BCUT2D eigenvalue weighted by atomic mass is 10.2. The molecule has 0 aliphatic carbocycles. The molecule has 0 unspecified atom stereocenters. The Hall–Kier alpha value is -0.380. The zero-order valence-corrected chi connectivity index (χ0v) is 9.78. The number of hydrogen-bond donors (Lipinski definition) is 1. The van der Waals surface area contributed by atoms with Crippen molar-refractivity contribution in [2.45, 2.75) is 39.0 Å². The van der Waals surface area contributed by atoms with Crippen LogP contribution in [-0.2, 0) is 9.47 Å². The number of aliphatic hydroxyl groups excluding tert-OH is 1. The van der Waals surface area contributed by atoms with E-state index < -0.39 is 0 Å². The number of rotatable bonds is 11. The first-order valence-electron chi connectivity index (χ1n) is 5.83. The van der Waals surface area contributed by atoms with Crippen molar-refractivity contribution in [2.24, 2.45) is 0 Å². The lowest BCUT2D eigenvalue weighted by molar-refractivity contribution is -0.0449. The van der Waals surface area contributed by atoms with Gasteiger partial charge in [0.15, 0.2) is 0 Å². The first-order chi connectivity index (χ1) is 7.41. The lowest BCUT2D eigenvalue weighted by Crippen LogP contribution is -2.01. The van der Waals surface area contributed by atoms with Gasteiger partial charge in [-0.15, -0.1) is 0 Å². The minimum Gasteiger partial charge on any atom is -0.392 e. The van der Waals surface area contributed by atoms with Gasteiger partial charge < -0.3 is 14.6 Å². The van der Waals surface area contributed by atoms with Crippen molar-refractivity contribution < 1.29 is 14.6 Å². The van der Waals surface area contributed by atoms with Crippen LogP contribution < -0.4 is 0 Å². The van der Waals surface area contributed by atoms with Gasteiger partial charge in [0, 0.05) is 6.61 Å². The maximum Gasteiger partial charge on any atom is 0.147 e. The summed E-state index contributed by atoms with van der Waals surface area (Å²) in [6.07, 6.45) is 9.72. The first kappa shape index (κ1) is 14.6. The summed E-state index contributed by atoms with van der Waals surface area (Å²) in [5, 5.41) is 8.44. The number of ether oxygens (including phenoxy) is 2. The maximum absolute atomic E-state index is 8.44. The van der Waals surface area contributed by atoms with Crippen LogP contribution in [0, 0.1) is 0 Å². The van der Waals surface area contributed by atoms with Gasteiger partial charge in [0.25, 0.3) is 0 Å². The predicted octanol–water partition coefficient (Wildman–Crippen LogP) is 2.50. The zero-order valence-electron chi connectivity index (χ0n) is 9.78. The molecule has 0 heterocycles. The molecule has 0 aliphatic heterocycles. The summed E-state index contributed by atoms with van der Waals surface area (Å²) >= 11 is 0. The average Bonchev–Trinajstić information content (AvgIpc) is 2.26. The summed E-state index contributed by atoms with van der Waals surface area (Å²) in [6.45, 7) is 3.93. The molecule has 1 N–H and O–H groups in total. The summed E-state index contributed by atoms with van der Waals surface area (Å²) in [6, 6.07) is 0. The standard InChI is InChI=1S/C12H24O3/c1-2-3-4-5-7-10-14-12-15-11-8-6-9-13/h6,8,13H,2-5,7,9-12H2,1H3. The Labute approximate surface area is 93.1 Å². The van der Waals surface area contributed by atoms with E-state index in [0.29, 0.717) is 13.4 Å². The summed E-state index contributed by atoms with van der Waals surface area (Å²) < 4.78 is 10.4. The number of hydrogen-bond acceptors (Lipinski definition) is 3. The van der Waals surface area contributed by atoms with E-state index in [4.69, 9.17) is 14.6 Å². The van der Waals surface area contributed by atoms with Crippen LogP contribution in [-0.4, -0.2) is 31.7 Å². The number of unbranched alkanes of at least 4 members (excludes halogenated alkanes) is 4. The van der Waals surface area contributed by atoms with Crippen LogP contribution in [0.3, 0.4) is 0 Å². The van der Waals surface area contributed by atoms with Crippen LogP contribution in [0.25, 0.3) is 0 Å². The monoisotopic (exact) mass is 216 g/mol. The second-order valence-corrected chi connectivity index (χ2v) is 3.47. The predicted molar refractivity (Wildman–Crippen MR) is 61.8 cm³/mol. The van der Waals surface area contributed by atoms with E-state index in [-0.39, 0.29) is 6.61 Å². The molecule has 0 bridgehead atoms. The van der Waals surface area contributed by atoms with E-state index in [9.17, 15) is 0 Å². The van der Waals surface area contributed by atoms with Gasteiger partial charge in [0.1, 0.15) is 6.79 Å². The van der Waals surface area contributed by atoms with Crippen molar-refractivity contribution in [3.8, 4) is 0 Å². The molecule has 3 nitrogen and oxygen atoms in total. The lowest BCUT2D eigenvalue weighted by Gasteiger charge is -2.03. The molecular formula is C12H24O3. The highest BCUT2D eigenvalue weighted by atomic mass is 16.7. The molecule has 0 aromatic rings. The van der Waals surface area contributed by atoms with E-state index in [0.717, 1.165) is 13.0 Å². The minimum absolute atomic E-state index is 0.0711. The Morgan fingerprint density at radius 1 is 1.00 bits per heavy atom. The average molecular weight is 216 g/mol. The van der Waals surface area contributed by atoms with Gasteiger partial charge >= 0.3 is 0 Å². The molecule has 0 aromatic carbocycles. The highest BCUT2D eigenvalue weighted by molar-refractivity contribution is 4.79. The van der Waals surface area contributed by atoms with E-state index in [2.05, 4.69) is 6.92 Å². The molecule has 90 valence electrons. The van der Waals surface area contributed by atoms with Crippen molar-refractivity contribution in [3.63, 3.8) is 0 Å². The summed E-state index contributed by atoms with van der Waals surface area (Å²) in [5.41, 5.74) is 0. The Morgan fingerprint density at radius 2 is 1.80 bits per heavy atom. The fourth-order valence-corrected chi connectivity index (χ4v) is 1.18. The third-order valence-corrected chi connectivity index (χ3v) is 2.05. The van der Waals surface area contributed by atoms with Gasteiger partial charge in [-0.05, 0) is 6.42 Å². The molecular weight excluding hydrogens is 192 g/mol. The van der Waals surface area contributed by atoms with Crippen LogP contribution in [0.5, 0.6) is 0 Å². The summed E-state index contributed by atoms with van der Waals surface area (Å²) in [4.78, 5) is 0. The van der Waals surface area contributed by atoms with Crippen LogP contribution in [0.4, 0.5) is 0 Å². The quantitative estimate of drug-likeness (QED) is 0.327. The minimum atomic E-state index is 0.0711. The SMILES string of the molecule is CCCCCCCOCOCC=CCO. The van der Waals surface area contributed by atoms with E-state index in [1.807, 2.05) is 0 Å². The highest BCUT2D eigenvalue weighted by Gasteiger charge is 1.89. The van der Waals surface area contributed by atoms with Crippen molar-refractivity contribution >= 4 is 0 Å². The molecule has 0 atom stereocenters. The Balaban J connectivity index is 2.89. The van der Waals surface area contributed by atoms with Gasteiger partial charge in [-0.25, -0.2) is 0 Å². The smallest absolute Gasteiger partial charge is 0.147 e. The fourth-order valence-electron chi connectivity index (χ4n) is 1.18. The molecule has 0 spiro atoms. The topological polar surface area (TPSA) is 38.7 Å². The third kappa shape index (κ3) is 13.6. The Kier molecular flexibility index (Phi) is 13.3. The molecule has 15 heavy (non-hydrogen) atoms. The van der Waals surface area contributed by atoms with Crippen molar-refractivity contribution in [2.75, 3.05) is 26.6 Å². The van der Waals surface area contributed by atoms with E-state index in [1.54, 1.807) is 12.2 Å². The summed E-state index contributed by atoms with van der Waals surface area (Å²) in [7, 11) is 0. The second-order valence-electron chi connectivity index (χ2n) is 3.47. The maximum atomic E-state index is 8.44. The molecule has 0 aliphatic rings. The van der Waals surface area contributed by atoms with Gasteiger partial charge in [-0.2, -0.15) is 0 Å². The van der Waals surface area contributed by atoms with Gasteiger partial charge in [0.05, 0.1) is 13.2 Å². The van der Waals surface area contributed by atoms with Crippen LogP contribution in [0.15, 0.2) is 12.2 Å². The normalized spacial score (nSPS) is 11.3. The van der Waals surface area contributed by atoms with E-state index >= 15 is 0 Å². The van der Waals surface area contributed by atoms with Gasteiger partial charge in [-0.3, -0.25) is 0 Å². The van der Waals surface area contributed by atoms with Crippen molar-refractivity contribution in [1.29, 1.82) is 0 Å². The van der Waals surface area contributed by atoms with Crippen LogP contribution in [0.2, 0.25) is 0 Å². The molecule has 0 fully saturated rings. The molecule has 0 amide bonds. The van der Waals surface area contributed by atoms with E-state index in [1.165, 1.54) is 25.7 Å². The van der Waals surface area contributed by atoms with Crippen LogP contribution in [0.1, 0.15) is 39.0 Å². The highest BCUT2D eigenvalue weighted by Crippen LogP contribution is 2.02. The third-order valence-electron chi connectivity index (χ3n) is 2.05. The van der Waals surface area contributed by atoms with Gasteiger partial charge in [0.2, 0.25) is 0 Å². The van der Waals surface area contributed by atoms with Gasteiger partial charge in [-0.1, -0.05) is 44.8 Å². The van der Waals surface area contributed by atoms with Crippen molar-refractivity contribution in [3.05, 3.63) is 12.2 Å². The zero-order chi connectivity index (χ0) is 11.2. The molecule has 0 radical (unpaired) electrons. The number of aliphatic hydroxyl groups is 1. The van der Waals surface area contributed by atoms with Crippen molar-refractivity contribution in [1.82, 2.24) is 0 Å². The second kappa shape index (κ2) is 13.6. The van der Waals surface area contributed by atoms with Crippen LogP contribution >= 0.6 is 0 Å².